The molecule has 34 heavy (non-hydrogen) atoms. The third-order valence-electron chi connectivity index (χ3n) is 5.70. The first-order valence-corrected chi connectivity index (χ1v) is 12.5. The van der Waals surface area contributed by atoms with Gasteiger partial charge in [-0.25, -0.2) is 18.1 Å². The van der Waals surface area contributed by atoms with Gasteiger partial charge in [0.2, 0.25) is 15.9 Å². The van der Waals surface area contributed by atoms with Crippen LogP contribution in [0.1, 0.15) is 32.4 Å². The van der Waals surface area contributed by atoms with E-state index in [1.807, 2.05) is 69.3 Å². The Balaban J connectivity index is 1.48. The Kier molecular flexibility index (Phi) is 6.76. The molecule has 0 spiro atoms. The number of fused-ring (bicyclic) bond motifs is 1. The van der Waals surface area contributed by atoms with Crippen LogP contribution in [0.15, 0.2) is 84.3 Å². The van der Waals surface area contributed by atoms with Crippen LogP contribution in [0, 0.1) is 5.92 Å². The van der Waals surface area contributed by atoms with E-state index in [4.69, 9.17) is 0 Å². The molecule has 0 bridgehead atoms. The molecular formula is C25H27N5O3S. The molecule has 2 unspecified atom stereocenters. The first-order valence-electron chi connectivity index (χ1n) is 11.0. The Labute approximate surface area is 199 Å². The van der Waals surface area contributed by atoms with E-state index in [-0.39, 0.29) is 22.8 Å². The lowest BCUT2D eigenvalue weighted by molar-refractivity contribution is -0.124. The van der Waals surface area contributed by atoms with Crippen molar-refractivity contribution in [2.75, 3.05) is 0 Å². The van der Waals surface area contributed by atoms with Crippen LogP contribution < -0.4 is 10.0 Å². The molecule has 1 heterocycles. The number of sulfonamides is 1. The molecule has 4 aromatic rings. The molecule has 0 saturated heterocycles. The smallest absolute Gasteiger partial charge is 0.241 e. The van der Waals surface area contributed by atoms with Crippen molar-refractivity contribution in [3.8, 4) is 5.69 Å². The number of amides is 1. The van der Waals surface area contributed by atoms with Crippen molar-refractivity contribution >= 4 is 26.7 Å². The van der Waals surface area contributed by atoms with Gasteiger partial charge in [0.25, 0.3) is 0 Å². The fourth-order valence-electron chi connectivity index (χ4n) is 3.71. The number of nitrogens with one attached hydrogen (secondary N) is 2. The van der Waals surface area contributed by atoms with Crippen molar-refractivity contribution in [3.63, 3.8) is 0 Å². The van der Waals surface area contributed by atoms with Gasteiger partial charge in [-0.05, 0) is 53.4 Å². The van der Waals surface area contributed by atoms with Crippen molar-refractivity contribution in [2.24, 2.45) is 5.92 Å². The van der Waals surface area contributed by atoms with Gasteiger partial charge in [0.05, 0.1) is 16.6 Å². The lowest BCUT2D eigenvalue weighted by Gasteiger charge is -2.24. The summed E-state index contributed by atoms with van der Waals surface area (Å²) in [5, 5.41) is 8.80. The van der Waals surface area contributed by atoms with E-state index in [0.29, 0.717) is 0 Å². The monoisotopic (exact) mass is 477 g/mol. The second-order valence-corrected chi connectivity index (χ2v) is 10.2. The van der Waals surface area contributed by atoms with Gasteiger partial charge in [-0.2, -0.15) is 9.82 Å². The van der Waals surface area contributed by atoms with E-state index < -0.39 is 16.1 Å². The van der Waals surface area contributed by atoms with Gasteiger partial charge in [-0.3, -0.25) is 4.79 Å². The fourth-order valence-corrected chi connectivity index (χ4v) is 5.08. The first kappa shape index (κ1) is 23.6. The quantitative estimate of drug-likeness (QED) is 0.403. The molecule has 9 heteroatoms. The summed E-state index contributed by atoms with van der Waals surface area (Å²) in [6.45, 7) is 5.48. The minimum atomic E-state index is -3.90. The summed E-state index contributed by atoms with van der Waals surface area (Å²) >= 11 is 0. The highest BCUT2D eigenvalue weighted by atomic mass is 32.2. The van der Waals surface area contributed by atoms with Crippen LogP contribution in [0.2, 0.25) is 0 Å². The van der Waals surface area contributed by atoms with E-state index in [1.165, 1.54) is 6.33 Å². The van der Waals surface area contributed by atoms with Gasteiger partial charge in [0.1, 0.15) is 18.7 Å². The van der Waals surface area contributed by atoms with Crippen LogP contribution in [0.4, 0.5) is 0 Å². The van der Waals surface area contributed by atoms with Gasteiger partial charge in [0, 0.05) is 0 Å². The summed E-state index contributed by atoms with van der Waals surface area (Å²) in [7, 11) is -3.90. The third kappa shape index (κ3) is 5.16. The maximum atomic E-state index is 13.1. The number of carbonyl (C=O) groups is 1. The largest absolute Gasteiger partial charge is 0.348 e. The minimum absolute atomic E-state index is 0.126. The zero-order valence-electron chi connectivity index (χ0n) is 19.2. The average molecular weight is 478 g/mol. The molecule has 3 aromatic carbocycles. The molecule has 0 aliphatic carbocycles. The van der Waals surface area contributed by atoms with Gasteiger partial charge in [-0.1, -0.05) is 56.3 Å². The van der Waals surface area contributed by atoms with Crippen molar-refractivity contribution in [1.29, 1.82) is 0 Å². The van der Waals surface area contributed by atoms with Crippen molar-refractivity contribution < 1.29 is 13.2 Å². The van der Waals surface area contributed by atoms with E-state index in [9.17, 15) is 13.2 Å². The van der Waals surface area contributed by atoms with Gasteiger partial charge >= 0.3 is 0 Å². The highest BCUT2D eigenvalue weighted by Gasteiger charge is 2.29. The Morgan fingerprint density at radius 3 is 2.29 bits per heavy atom. The molecule has 0 aliphatic rings. The molecule has 4 rings (SSSR count). The summed E-state index contributed by atoms with van der Waals surface area (Å²) in [4.78, 5) is 17.1. The summed E-state index contributed by atoms with van der Waals surface area (Å²) in [6, 6.07) is 18.8. The number of hydrogen-bond acceptors (Lipinski definition) is 5. The van der Waals surface area contributed by atoms with E-state index in [2.05, 4.69) is 20.1 Å². The molecule has 0 radical (unpaired) electrons. The molecule has 2 atom stereocenters. The predicted octanol–water partition coefficient (Wildman–Crippen LogP) is 3.60. The van der Waals surface area contributed by atoms with Crippen molar-refractivity contribution in [3.05, 3.63) is 84.9 Å². The number of aromatic nitrogens is 3. The zero-order valence-corrected chi connectivity index (χ0v) is 20.0. The molecule has 176 valence electrons. The number of carbonyl (C=O) groups excluding carboxylic acids is 1. The Morgan fingerprint density at radius 2 is 1.65 bits per heavy atom. The average Bonchev–Trinajstić information content (AvgIpc) is 3.37. The van der Waals surface area contributed by atoms with E-state index in [0.717, 1.165) is 22.0 Å². The Hall–Kier alpha value is -3.56. The molecule has 1 amide bonds. The van der Waals surface area contributed by atoms with Gasteiger partial charge in [-0.15, -0.1) is 0 Å². The maximum absolute atomic E-state index is 13.1. The first-order chi connectivity index (χ1) is 16.2. The van der Waals surface area contributed by atoms with Crippen LogP contribution in [0.5, 0.6) is 0 Å². The number of rotatable bonds is 8. The summed E-state index contributed by atoms with van der Waals surface area (Å²) in [5.41, 5.74) is 1.74. The normalized spacial score (nSPS) is 13.6. The van der Waals surface area contributed by atoms with Gasteiger partial charge < -0.3 is 5.32 Å². The Bertz CT molecular complexity index is 1380. The second-order valence-electron chi connectivity index (χ2n) is 8.51. The van der Waals surface area contributed by atoms with Crippen LogP contribution in [0.3, 0.4) is 0 Å². The number of hydrogen-bond donors (Lipinski definition) is 2. The highest BCUT2D eigenvalue weighted by molar-refractivity contribution is 7.89. The SMILES string of the molecule is CC(NC(=O)C(NS(=O)(=O)c1ccc2ccccc2c1)C(C)C)c1ccc(-n2cncn2)cc1. The maximum Gasteiger partial charge on any atom is 0.241 e. The minimum Gasteiger partial charge on any atom is -0.348 e. The molecule has 0 fully saturated rings. The van der Waals surface area contributed by atoms with Crippen LogP contribution in [-0.4, -0.2) is 35.1 Å². The van der Waals surface area contributed by atoms with Crippen LogP contribution in [0.25, 0.3) is 16.5 Å². The lowest BCUT2D eigenvalue weighted by atomic mass is 10.0. The zero-order chi connectivity index (χ0) is 24.3. The lowest BCUT2D eigenvalue weighted by Crippen LogP contribution is -2.50. The fraction of sp³-hybridized carbons (Fsp3) is 0.240. The second kappa shape index (κ2) is 9.74. The van der Waals surface area contributed by atoms with E-state index >= 15 is 0 Å². The summed E-state index contributed by atoms with van der Waals surface area (Å²) in [5.74, 6) is -0.635. The summed E-state index contributed by atoms with van der Waals surface area (Å²) < 4.78 is 30.4. The topological polar surface area (TPSA) is 106 Å². The number of nitrogens with zero attached hydrogens (tertiary/aromatic N) is 3. The molecular weight excluding hydrogens is 450 g/mol. The molecule has 0 saturated carbocycles. The van der Waals surface area contributed by atoms with Crippen LogP contribution in [-0.2, 0) is 14.8 Å². The molecule has 2 N–H and O–H groups in total. The highest BCUT2D eigenvalue weighted by Crippen LogP contribution is 2.21. The summed E-state index contributed by atoms with van der Waals surface area (Å²) in [6.07, 6.45) is 3.07. The van der Waals surface area contributed by atoms with Crippen LogP contribution >= 0.6 is 0 Å². The Morgan fingerprint density at radius 1 is 0.941 bits per heavy atom. The standard InChI is InChI=1S/C25H27N5O3S/c1-17(2)24(29-34(32,33)23-13-10-20-6-4-5-7-21(20)14-23)25(31)28-18(3)19-8-11-22(12-9-19)30-16-26-15-27-30/h4-18,24,29H,1-3H3,(H,28,31). The molecule has 0 aliphatic heterocycles. The molecule has 8 nitrogen and oxygen atoms in total. The third-order valence-corrected chi connectivity index (χ3v) is 7.14. The van der Waals surface area contributed by atoms with Gasteiger partial charge in [0.15, 0.2) is 0 Å². The predicted molar refractivity (Wildman–Crippen MR) is 131 cm³/mol. The number of benzene rings is 3. The van der Waals surface area contributed by atoms with E-state index in [1.54, 1.807) is 29.2 Å². The molecule has 1 aromatic heterocycles. The van der Waals surface area contributed by atoms with Crippen molar-refractivity contribution in [1.82, 2.24) is 24.8 Å². The van der Waals surface area contributed by atoms with Crippen molar-refractivity contribution in [2.45, 2.75) is 37.8 Å².